The average molecular weight is 232 g/mol. The zero-order chi connectivity index (χ0) is 12.4. The molecule has 0 aliphatic rings. The second-order valence-electron chi connectivity index (χ2n) is 3.84. The van der Waals surface area contributed by atoms with Gasteiger partial charge >= 0.3 is 11.7 Å². The molecule has 1 aromatic carbocycles. The van der Waals surface area contributed by atoms with Crippen LogP contribution in [0.3, 0.4) is 0 Å². The van der Waals surface area contributed by atoms with E-state index in [0.29, 0.717) is 12.1 Å². The van der Waals surface area contributed by atoms with E-state index in [9.17, 15) is 9.59 Å². The molecule has 1 aromatic heterocycles. The Labute approximate surface area is 97.1 Å². The highest BCUT2D eigenvalue weighted by molar-refractivity contribution is 5.86. The van der Waals surface area contributed by atoms with Crippen LogP contribution < -0.4 is 5.69 Å². The van der Waals surface area contributed by atoms with Crippen LogP contribution in [0.15, 0.2) is 29.1 Å². The largest absolute Gasteiger partial charge is 0.477 e. The molecule has 2 aromatic rings. The maximum Gasteiger partial charge on any atom is 0.354 e. The molecule has 0 radical (unpaired) electrons. The van der Waals surface area contributed by atoms with Crippen LogP contribution in [0.4, 0.5) is 0 Å². The first-order chi connectivity index (χ1) is 8.08. The van der Waals surface area contributed by atoms with Gasteiger partial charge in [0.1, 0.15) is 5.69 Å². The van der Waals surface area contributed by atoms with E-state index in [4.69, 9.17) is 5.11 Å². The second kappa shape index (κ2) is 4.29. The Morgan fingerprint density at radius 3 is 2.65 bits per heavy atom. The number of rotatable bonds is 3. The summed E-state index contributed by atoms with van der Waals surface area (Å²) in [5.74, 6) is -1.13. The first kappa shape index (κ1) is 11.2. The van der Waals surface area contributed by atoms with Crippen LogP contribution in [0.1, 0.15) is 27.3 Å². The van der Waals surface area contributed by atoms with Crippen LogP contribution in [-0.2, 0) is 6.42 Å². The predicted octanol–water partition coefficient (Wildman–Crippen LogP) is 1.30. The zero-order valence-electron chi connectivity index (χ0n) is 9.28. The highest BCUT2D eigenvalue weighted by Gasteiger charge is 2.14. The number of aryl methyl sites for hydroxylation is 1. The van der Waals surface area contributed by atoms with E-state index < -0.39 is 11.7 Å². The number of carboxylic acids is 1. The molecule has 0 saturated heterocycles. The van der Waals surface area contributed by atoms with Crippen molar-refractivity contribution in [2.75, 3.05) is 0 Å². The molecule has 0 aliphatic carbocycles. The monoisotopic (exact) mass is 232 g/mol. The summed E-state index contributed by atoms with van der Waals surface area (Å²) in [6.45, 7) is 1.94. The quantitative estimate of drug-likeness (QED) is 0.745. The fourth-order valence-corrected chi connectivity index (χ4v) is 1.73. The minimum absolute atomic E-state index is 0.0711. The van der Waals surface area contributed by atoms with Crippen LogP contribution in [-0.4, -0.2) is 21.0 Å². The molecule has 2 rings (SSSR count). The van der Waals surface area contributed by atoms with Gasteiger partial charge in [0.15, 0.2) is 0 Å². The first-order valence-corrected chi connectivity index (χ1v) is 5.17. The lowest BCUT2D eigenvalue weighted by Crippen LogP contribution is -2.04. The topological polar surface area (TPSA) is 86.0 Å². The second-order valence-corrected chi connectivity index (χ2v) is 3.84. The number of aromatic nitrogens is 2. The number of H-pyrrole nitrogens is 2. The third-order valence-corrected chi connectivity index (χ3v) is 2.65. The number of carboxylic acid groups (broad SMARTS) is 1. The Morgan fingerprint density at radius 1 is 1.29 bits per heavy atom. The third-order valence-electron chi connectivity index (χ3n) is 2.65. The van der Waals surface area contributed by atoms with Crippen molar-refractivity contribution in [3.63, 3.8) is 0 Å². The van der Waals surface area contributed by atoms with Gasteiger partial charge in [0.25, 0.3) is 0 Å². The van der Waals surface area contributed by atoms with Crippen molar-refractivity contribution < 1.29 is 9.90 Å². The van der Waals surface area contributed by atoms with Gasteiger partial charge in [-0.2, -0.15) is 0 Å². The molecule has 5 heteroatoms. The van der Waals surface area contributed by atoms with Gasteiger partial charge in [-0.3, -0.25) is 4.98 Å². The van der Waals surface area contributed by atoms with Gasteiger partial charge < -0.3 is 10.1 Å². The molecule has 0 spiro atoms. The molecular weight excluding hydrogens is 220 g/mol. The molecule has 1 heterocycles. The smallest absolute Gasteiger partial charge is 0.354 e. The summed E-state index contributed by atoms with van der Waals surface area (Å²) >= 11 is 0. The van der Waals surface area contributed by atoms with Crippen molar-refractivity contribution in [2.45, 2.75) is 13.3 Å². The van der Waals surface area contributed by atoms with Gasteiger partial charge in [0.05, 0.1) is 5.69 Å². The van der Waals surface area contributed by atoms with Crippen molar-refractivity contribution in [1.82, 2.24) is 9.97 Å². The molecule has 0 aliphatic heterocycles. The summed E-state index contributed by atoms with van der Waals surface area (Å²) in [5, 5.41) is 8.94. The molecular formula is C12H12N2O3. The van der Waals surface area contributed by atoms with Crippen LogP contribution in [0.5, 0.6) is 0 Å². The molecule has 0 saturated carbocycles. The number of carbonyl (C=O) groups is 1. The minimum atomic E-state index is -1.13. The normalized spacial score (nSPS) is 10.4. The van der Waals surface area contributed by atoms with E-state index in [0.717, 1.165) is 11.1 Å². The lowest BCUT2D eigenvalue weighted by molar-refractivity contribution is 0.0690. The zero-order valence-corrected chi connectivity index (χ0v) is 9.28. The number of aromatic amines is 2. The summed E-state index contributed by atoms with van der Waals surface area (Å²) < 4.78 is 0. The SMILES string of the molecule is Cc1ccccc1Cc1[nH]c(=O)[nH]c1C(=O)O. The van der Waals surface area contributed by atoms with Crippen molar-refractivity contribution in [2.24, 2.45) is 0 Å². The Kier molecular flexibility index (Phi) is 2.82. The van der Waals surface area contributed by atoms with Crippen LogP contribution in [0, 0.1) is 6.92 Å². The predicted molar refractivity (Wildman–Crippen MR) is 62.4 cm³/mol. The lowest BCUT2D eigenvalue weighted by Gasteiger charge is -2.04. The van der Waals surface area contributed by atoms with Crippen molar-refractivity contribution >= 4 is 5.97 Å². The number of nitrogens with one attached hydrogen (secondary N) is 2. The summed E-state index contributed by atoms with van der Waals surface area (Å²) in [4.78, 5) is 26.8. The molecule has 0 bridgehead atoms. The first-order valence-electron chi connectivity index (χ1n) is 5.17. The Morgan fingerprint density at radius 2 is 2.00 bits per heavy atom. The fraction of sp³-hybridized carbons (Fsp3) is 0.167. The van der Waals surface area contributed by atoms with Gasteiger partial charge in [0.2, 0.25) is 0 Å². The molecule has 88 valence electrons. The van der Waals surface area contributed by atoms with Crippen LogP contribution in [0.2, 0.25) is 0 Å². The summed E-state index contributed by atoms with van der Waals surface area (Å²) in [5.41, 5.74) is 1.89. The number of imidazole rings is 1. The van der Waals surface area contributed by atoms with Crippen molar-refractivity contribution in [3.8, 4) is 0 Å². The number of aromatic carboxylic acids is 1. The number of benzene rings is 1. The van der Waals surface area contributed by atoms with Gasteiger partial charge in [-0.05, 0) is 18.1 Å². The van der Waals surface area contributed by atoms with Gasteiger partial charge in [-0.15, -0.1) is 0 Å². The number of hydrogen-bond acceptors (Lipinski definition) is 2. The van der Waals surface area contributed by atoms with E-state index in [1.807, 2.05) is 31.2 Å². The third kappa shape index (κ3) is 2.28. The van der Waals surface area contributed by atoms with E-state index in [-0.39, 0.29) is 5.69 Å². The molecule has 17 heavy (non-hydrogen) atoms. The summed E-state index contributed by atoms with van der Waals surface area (Å²) in [7, 11) is 0. The van der Waals surface area contributed by atoms with E-state index in [1.54, 1.807) is 0 Å². The molecule has 5 nitrogen and oxygen atoms in total. The van der Waals surface area contributed by atoms with E-state index in [2.05, 4.69) is 9.97 Å². The number of hydrogen-bond donors (Lipinski definition) is 3. The maximum absolute atomic E-state index is 11.1. The lowest BCUT2D eigenvalue weighted by atomic mass is 10.0. The van der Waals surface area contributed by atoms with E-state index >= 15 is 0 Å². The maximum atomic E-state index is 11.1. The fourth-order valence-electron chi connectivity index (χ4n) is 1.73. The highest BCUT2D eigenvalue weighted by atomic mass is 16.4. The summed E-state index contributed by atoms with van der Waals surface area (Å²) in [6, 6.07) is 7.65. The van der Waals surface area contributed by atoms with Crippen LogP contribution >= 0.6 is 0 Å². The van der Waals surface area contributed by atoms with Crippen molar-refractivity contribution in [3.05, 3.63) is 57.3 Å². The minimum Gasteiger partial charge on any atom is -0.477 e. The molecule has 3 N–H and O–H groups in total. The van der Waals surface area contributed by atoms with Gasteiger partial charge in [0, 0.05) is 6.42 Å². The van der Waals surface area contributed by atoms with Gasteiger partial charge in [-0.1, -0.05) is 24.3 Å². The molecule has 0 fully saturated rings. The van der Waals surface area contributed by atoms with E-state index in [1.165, 1.54) is 0 Å². The highest BCUT2D eigenvalue weighted by Crippen LogP contribution is 2.13. The molecule has 0 unspecified atom stereocenters. The molecule has 0 atom stereocenters. The van der Waals surface area contributed by atoms with Crippen LogP contribution in [0.25, 0.3) is 0 Å². The molecule has 0 amide bonds. The Bertz CT molecular complexity index is 610. The Balaban J connectivity index is 2.40. The Hall–Kier alpha value is -2.30. The standard InChI is InChI=1S/C12H12N2O3/c1-7-4-2-3-5-8(7)6-9-10(11(15)16)14-12(17)13-9/h2-5H,6H2,1H3,(H,15,16)(H2,13,14,17). The van der Waals surface area contributed by atoms with Gasteiger partial charge in [-0.25, -0.2) is 9.59 Å². The average Bonchev–Trinajstić information content (AvgIpc) is 2.63. The van der Waals surface area contributed by atoms with Crippen molar-refractivity contribution in [1.29, 1.82) is 0 Å². The summed E-state index contributed by atoms with van der Waals surface area (Å²) in [6.07, 6.45) is 0.396.